The van der Waals surface area contributed by atoms with Crippen molar-refractivity contribution in [3.8, 4) is 0 Å². The van der Waals surface area contributed by atoms with Crippen molar-refractivity contribution in [1.82, 2.24) is 10.2 Å². The number of nitrogens with one attached hydrogen (secondary N) is 1. The van der Waals surface area contributed by atoms with Crippen LogP contribution >= 0.6 is 0 Å². The molecule has 0 aliphatic heterocycles. The lowest BCUT2D eigenvalue weighted by Crippen LogP contribution is -2.38. The van der Waals surface area contributed by atoms with Crippen molar-refractivity contribution in [1.29, 1.82) is 0 Å². The number of hydrogen-bond donors (Lipinski definition) is 1. The highest BCUT2D eigenvalue weighted by Crippen LogP contribution is 2.05. The van der Waals surface area contributed by atoms with Crippen LogP contribution in [-0.2, 0) is 19.1 Å². The minimum absolute atomic E-state index is 0.119. The summed E-state index contributed by atoms with van der Waals surface area (Å²) in [5.41, 5.74) is 0.500. The van der Waals surface area contributed by atoms with Crippen LogP contribution in [-0.4, -0.2) is 49.9 Å². The van der Waals surface area contributed by atoms with Gasteiger partial charge in [0.25, 0.3) is 5.91 Å². The fourth-order valence-electron chi connectivity index (χ4n) is 1.45. The lowest BCUT2D eigenvalue weighted by atomic mass is 10.2. The Morgan fingerprint density at radius 3 is 2.73 bits per heavy atom. The SMILES string of the molecule is CNC(=O)CN(C)C(=O)COC(=O)/C=C/c1cccc(F)c1. The Morgan fingerprint density at radius 1 is 1.36 bits per heavy atom. The third-order valence-electron chi connectivity index (χ3n) is 2.68. The van der Waals surface area contributed by atoms with E-state index in [0.717, 1.165) is 11.0 Å². The second kappa shape index (κ2) is 8.56. The van der Waals surface area contributed by atoms with Gasteiger partial charge in [-0.25, -0.2) is 9.18 Å². The van der Waals surface area contributed by atoms with Crippen LogP contribution in [0.4, 0.5) is 4.39 Å². The summed E-state index contributed by atoms with van der Waals surface area (Å²) in [5.74, 6) is -1.98. The summed E-state index contributed by atoms with van der Waals surface area (Å²) in [4.78, 5) is 35.3. The molecule has 118 valence electrons. The molecule has 1 rings (SSSR count). The molecule has 1 N–H and O–H groups in total. The number of nitrogens with zero attached hydrogens (tertiary/aromatic N) is 1. The van der Waals surface area contributed by atoms with E-state index >= 15 is 0 Å². The Balaban J connectivity index is 2.42. The molecule has 0 radical (unpaired) electrons. The van der Waals surface area contributed by atoms with Crippen molar-refractivity contribution in [3.05, 3.63) is 41.7 Å². The first-order chi connectivity index (χ1) is 10.4. The second-order valence-corrected chi connectivity index (χ2v) is 4.42. The van der Waals surface area contributed by atoms with E-state index in [2.05, 4.69) is 5.32 Å². The fraction of sp³-hybridized carbons (Fsp3) is 0.267. The normalized spacial score (nSPS) is 10.3. The predicted octanol–water partition coefficient (Wildman–Crippen LogP) is 0.587. The number of ether oxygens (including phenoxy) is 1. The number of rotatable bonds is 6. The molecule has 7 heteroatoms. The predicted molar refractivity (Wildman–Crippen MR) is 78.1 cm³/mol. The zero-order chi connectivity index (χ0) is 16.5. The Hall–Kier alpha value is -2.70. The molecule has 0 saturated carbocycles. The molecule has 0 aliphatic rings. The van der Waals surface area contributed by atoms with Crippen LogP contribution in [0.5, 0.6) is 0 Å². The maximum atomic E-state index is 12.9. The van der Waals surface area contributed by atoms with Crippen LogP contribution in [0.1, 0.15) is 5.56 Å². The van der Waals surface area contributed by atoms with Gasteiger partial charge in [0.2, 0.25) is 5.91 Å². The van der Waals surface area contributed by atoms with Crippen LogP contribution in [0.25, 0.3) is 6.08 Å². The first kappa shape index (κ1) is 17.4. The average Bonchev–Trinajstić information content (AvgIpc) is 2.50. The van der Waals surface area contributed by atoms with Gasteiger partial charge >= 0.3 is 5.97 Å². The lowest BCUT2D eigenvalue weighted by Gasteiger charge is -2.15. The Morgan fingerprint density at radius 2 is 2.09 bits per heavy atom. The molecule has 2 amide bonds. The summed E-state index contributed by atoms with van der Waals surface area (Å²) >= 11 is 0. The first-order valence-electron chi connectivity index (χ1n) is 6.47. The molecule has 0 saturated heterocycles. The van der Waals surface area contributed by atoms with E-state index < -0.39 is 24.3 Å². The average molecular weight is 308 g/mol. The molecular weight excluding hydrogens is 291 g/mol. The van der Waals surface area contributed by atoms with Crippen molar-refractivity contribution in [2.24, 2.45) is 0 Å². The molecule has 0 bridgehead atoms. The number of esters is 1. The maximum Gasteiger partial charge on any atom is 0.331 e. The number of carbonyl (C=O) groups excluding carboxylic acids is 3. The molecular formula is C15H17FN2O4. The van der Waals surface area contributed by atoms with Gasteiger partial charge in [-0.3, -0.25) is 9.59 Å². The van der Waals surface area contributed by atoms with E-state index in [1.807, 2.05) is 0 Å². The van der Waals surface area contributed by atoms with E-state index in [1.165, 1.54) is 38.4 Å². The Bertz CT molecular complexity index is 587. The number of amides is 2. The van der Waals surface area contributed by atoms with Crippen LogP contribution in [0, 0.1) is 5.82 Å². The van der Waals surface area contributed by atoms with Crippen molar-refractivity contribution < 1.29 is 23.5 Å². The van der Waals surface area contributed by atoms with Gasteiger partial charge in [0.05, 0.1) is 6.54 Å². The number of hydrogen-bond acceptors (Lipinski definition) is 4. The molecule has 1 aromatic rings. The second-order valence-electron chi connectivity index (χ2n) is 4.42. The number of benzene rings is 1. The topological polar surface area (TPSA) is 75.7 Å². The number of carbonyl (C=O) groups is 3. The summed E-state index contributed by atoms with van der Waals surface area (Å²) in [6.45, 7) is -0.591. The molecule has 0 spiro atoms. The molecule has 0 atom stereocenters. The monoisotopic (exact) mass is 308 g/mol. The van der Waals surface area contributed by atoms with Gasteiger partial charge in [-0.15, -0.1) is 0 Å². The zero-order valence-electron chi connectivity index (χ0n) is 12.3. The molecule has 0 aromatic heterocycles. The van der Waals surface area contributed by atoms with Crippen molar-refractivity contribution in [3.63, 3.8) is 0 Å². The van der Waals surface area contributed by atoms with Gasteiger partial charge < -0.3 is 15.0 Å². The third-order valence-corrected chi connectivity index (χ3v) is 2.68. The minimum Gasteiger partial charge on any atom is -0.452 e. The van der Waals surface area contributed by atoms with E-state index in [1.54, 1.807) is 6.07 Å². The summed E-state index contributed by atoms with van der Waals surface area (Å²) < 4.78 is 17.7. The summed E-state index contributed by atoms with van der Waals surface area (Å²) in [5, 5.41) is 2.38. The standard InChI is InChI=1S/C15H17FN2O4/c1-17-13(19)9-18(2)14(20)10-22-15(21)7-6-11-4-3-5-12(16)8-11/h3-8H,9-10H2,1-2H3,(H,17,19)/b7-6+. The van der Waals surface area contributed by atoms with Crippen molar-refractivity contribution in [2.75, 3.05) is 27.2 Å². The Kier molecular flexibility index (Phi) is 6.75. The van der Waals surface area contributed by atoms with Gasteiger partial charge in [0.15, 0.2) is 6.61 Å². The van der Waals surface area contributed by atoms with Crippen molar-refractivity contribution >= 4 is 23.9 Å². The van der Waals surface area contributed by atoms with Crippen LogP contribution in [0.15, 0.2) is 30.3 Å². The lowest BCUT2D eigenvalue weighted by molar-refractivity contribution is -0.148. The highest BCUT2D eigenvalue weighted by Gasteiger charge is 2.13. The van der Waals surface area contributed by atoms with E-state index in [9.17, 15) is 18.8 Å². The molecule has 0 aliphatic carbocycles. The van der Waals surface area contributed by atoms with Gasteiger partial charge in [-0.1, -0.05) is 12.1 Å². The molecule has 22 heavy (non-hydrogen) atoms. The largest absolute Gasteiger partial charge is 0.452 e. The van der Waals surface area contributed by atoms with Crippen LogP contribution in [0.2, 0.25) is 0 Å². The first-order valence-corrected chi connectivity index (χ1v) is 6.47. The number of likely N-dealkylation sites (N-methyl/N-ethyl adjacent to an activating group) is 2. The maximum absolute atomic E-state index is 12.9. The van der Waals surface area contributed by atoms with Gasteiger partial charge in [0.1, 0.15) is 5.82 Å². The zero-order valence-corrected chi connectivity index (χ0v) is 12.3. The smallest absolute Gasteiger partial charge is 0.331 e. The summed E-state index contributed by atoms with van der Waals surface area (Å²) in [7, 11) is 2.88. The molecule has 0 heterocycles. The Labute approximate surface area is 127 Å². The molecule has 6 nitrogen and oxygen atoms in total. The third kappa shape index (κ3) is 6.17. The van der Waals surface area contributed by atoms with E-state index in [-0.39, 0.29) is 12.5 Å². The van der Waals surface area contributed by atoms with Gasteiger partial charge in [-0.05, 0) is 23.8 Å². The van der Waals surface area contributed by atoms with Crippen LogP contribution < -0.4 is 5.32 Å². The summed E-state index contributed by atoms with van der Waals surface area (Å²) in [6.07, 6.45) is 2.48. The molecule has 1 aromatic carbocycles. The highest BCUT2D eigenvalue weighted by atomic mass is 19.1. The van der Waals surface area contributed by atoms with Gasteiger partial charge in [0, 0.05) is 20.2 Å². The summed E-state index contributed by atoms with van der Waals surface area (Å²) in [6, 6.07) is 5.68. The minimum atomic E-state index is -0.731. The van der Waals surface area contributed by atoms with Crippen LogP contribution in [0.3, 0.4) is 0 Å². The quantitative estimate of drug-likeness (QED) is 0.616. The highest BCUT2D eigenvalue weighted by molar-refractivity contribution is 5.90. The van der Waals surface area contributed by atoms with Crippen molar-refractivity contribution in [2.45, 2.75) is 0 Å². The number of halogens is 1. The molecule has 0 fully saturated rings. The van der Waals surface area contributed by atoms with E-state index in [4.69, 9.17) is 4.74 Å². The molecule has 0 unspecified atom stereocenters. The van der Waals surface area contributed by atoms with Gasteiger partial charge in [-0.2, -0.15) is 0 Å². The van der Waals surface area contributed by atoms with E-state index in [0.29, 0.717) is 5.56 Å². The fourth-order valence-corrected chi connectivity index (χ4v) is 1.45.